The average molecular weight is 1710 g/mol. The van der Waals surface area contributed by atoms with Crippen LogP contribution < -0.4 is 5.46 Å². The van der Waals surface area contributed by atoms with E-state index in [4.69, 9.17) is 30.9 Å². The third-order valence-electron chi connectivity index (χ3n) is 24.5. The summed E-state index contributed by atoms with van der Waals surface area (Å²) in [5.41, 5.74) is 36.5. The number of aromatic nitrogens is 4. The lowest BCUT2D eigenvalue weighted by atomic mass is 9.76. The summed E-state index contributed by atoms with van der Waals surface area (Å²) < 4.78 is 13.3. The molecule has 0 radical (unpaired) electrons. The number of nitrogens with zero attached hydrogens (tertiary/aromatic N) is 4. The SMILES string of the molecule is C.CC1(C)OB(c2cc(-c3ccc(-c4ccccc4)c(-c4ccccc4)c3)cc(-c3ccc(-c4ccccc4)c(-c4ccccc4)c3)c2)OC1(C)C.Clc1nc(-c2ccccc2)cc(-c2ccccc2)n1.c1ccc(-c2cc(-c3ccccc3)nc(-c3cc(-c4ccc(-c5ccccc5)c(-c5ccccc5)c4)cc(-c4ccc(-c5ccccc5)c(-c5ccccc5)c4)c3)n2)cc1. The van der Waals surface area contributed by atoms with Crippen LogP contribution in [-0.4, -0.2) is 38.3 Å². The van der Waals surface area contributed by atoms with Gasteiger partial charge in [-0.25, -0.2) is 19.9 Å². The van der Waals surface area contributed by atoms with Crippen LogP contribution in [0.1, 0.15) is 35.1 Å². The average Bonchev–Trinajstić information content (AvgIpc) is 1.59. The van der Waals surface area contributed by atoms with Gasteiger partial charge in [0.05, 0.1) is 34.0 Å². The highest BCUT2D eigenvalue weighted by molar-refractivity contribution is 6.62. The first-order valence-corrected chi connectivity index (χ1v) is 44.5. The van der Waals surface area contributed by atoms with Crippen molar-refractivity contribution in [3.05, 3.63) is 491 Å². The van der Waals surface area contributed by atoms with Crippen LogP contribution >= 0.6 is 11.6 Å². The second-order valence-electron chi connectivity index (χ2n) is 33.5. The van der Waals surface area contributed by atoms with Crippen molar-refractivity contribution in [2.45, 2.75) is 46.3 Å². The summed E-state index contributed by atoms with van der Waals surface area (Å²) in [6, 6.07) is 171. The highest BCUT2D eigenvalue weighted by atomic mass is 35.5. The largest absolute Gasteiger partial charge is 0.494 e. The minimum Gasteiger partial charge on any atom is -0.399 e. The Balaban J connectivity index is 0.000000147. The topological polar surface area (TPSA) is 70.0 Å². The lowest BCUT2D eigenvalue weighted by molar-refractivity contribution is 0.00578. The van der Waals surface area contributed by atoms with Gasteiger partial charge in [-0.1, -0.05) is 432 Å². The summed E-state index contributed by atoms with van der Waals surface area (Å²) in [5.74, 6) is 0.673. The summed E-state index contributed by atoms with van der Waals surface area (Å²) in [6.45, 7) is 8.45. The smallest absolute Gasteiger partial charge is 0.399 e. The standard InChI is InChI=1S/C58H40N2.C48H41BO2.C16H11ClN2.CH4/c1-7-19-41(20-8-1)52-33-31-47(38-54(52)43-23-11-3-12-24-43)49-35-50(48-32-34-53(42-21-9-2-10-22-42)55(39-48)44-25-13-4-14-26-44)37-51(36-49)58-59-56(45-27-15-5-16-28-45)40-57(60-58)46-29-17-6-18-30-46;1-47(2)48(3,4)51-49(50-47)42-30-40(38-25-27-43(34-17-9-5-10-18-34)45(32-38)36-21-13-7-14-22-36)29-41(31-42)39-26-28-44(35-19-11-6-12-20-35)46(33-39)37-23-15-8-16-24-37;17-16-18-14(12-7-3-1-4-8-12)11-15(19-16)13-9-5-2-6-10-13;/h1-40H;5-33H,1-4H3;1-11H;1H4. The quantitative estimate of drug-likeness (QED) is 0.0630. The van der Waals surface area contributed by atoms with Crippen LogP contribution in [0.5, 0.6) is 0 Å². The molecule has 0 amide bonds. The summed E-state index contributed by atoms with van der Waals surface area (Å²) in [5, 5.41) is 0.264. The first-order chi connectivity index (χ1) is 63.8. The second-order valence-corrected chi connectivity index (χ2v) is 33.9. The van der Waals surface area contributed by atoms with Crippen LogP contribution in [0.4, 0.5) is 0 Å². The number of hydrogen-bond acceptors (Lipinski definition) is 6. The van der Waals surface area contributed by atoms with Crippen molar-refractivity contribution in [1.29, 1.82) is 0 Å². The maximum Gasteiger partial charge on any atom is 0.494 e. The van der Waals surface area contributed by atoms with Crippen molar-refractivity contribution in [1.82, 2.24) is 19.9 Å². The van der Waals surface area contributed by atoms with Crippen LogP contribution in [0.3, 0.4) is 0 Å². The first kappa shape index (κ1) is 86.2. The Morgan fingerprint density at radius 2 is 0.374 bits per heavy atom. The minimum absolute atomic E-state index is 0. The van der Waals surface area contributed by atoms with Gasteiger partial charge in [0.1, 0.15) is 0 Å². The fourth-order valence-electron chi connectivity index (χ4n) is 17.0. The van der Waals surface area contributed by atoms with Gasteiger partial charge in [0.25, 0.3) is 0 Å². The van der Waals surface area contributed by atoms with Crippen LogP contribution in [0.25, 0.3) is 190 Å². The molecule has 0 spiro atoms. The van der Waals surface area contributed by atoms with E-state index in [-0.39, 0.29) is 12.7 Å². The van der Waals surface area contributed by atoms with E-state index in [0.29, 0.717) is 5.82 Å². The maximum atomic E-state index is 6.65. The molecule has 3 heterocycles. The third kappa shape index (κ3) is 19.6. The first-order valence-electron chi connectivity index (χ1n) is 44.1. The summed E-state index contributed by atoms with van der Waals surface area (Å²) in [6.07, 6.45) is 0. The molecule has 0 atom stereocenters. The molecule has 1 fully saturated rings. The molecular weight excluding hydrogens is 1610 g/mol. The Bertz CT molecular complexity index is 6870. The van der Waals surface area contributed by atoms with E-state index in [2.05, 4.69) is 444 Å². The van der Waals surface area contributed by atoms with Crippen molar-refractivity contribution in [2.75, 3.05) is 0 Å². The predicted octanol–water partition coefficient (Wildman–Crippen LogP) is 32.6. The molecule has 131 heavy (non-hydrogen) atoms. The monoisotopic (exact) mass is 1710 g/mol. The normalized spacial score (nSPS) is 12.3. The van der Waals surface area contributed by atoms with Gasteiger partial charge in [0.15, 0.2) is 5.82 Å². The van der Waals surface area contributed by atoms with Gasteiger partial charge in [0, 0.05) is 27.8 Å². The predicted molar refractivity (Wildman–Crippen MR) is 550 cm³/mol. The number of benzene rings is 18. The zero-order valence-corrected chi connectivity index (χ0v) is 73.5. The molecule has 0 aliphatic carbocycles. The van der Waals surface area contributed by atoms with E-state index in [9.17, 15) is 0 Å². The Morgan fingerprint density at radius 1 is 0.183 bits per heavy atom. The number of hydrogen-bond donors (Lipinski definition) is 0. The minimum atomic E-state index is -0.497. The Labute approximate surface area is 774 Å². The molecule has 0 saturated carbocycles. The van der Waals surface area contributed by atoms with E-state index in [1.54, 1.807) is 0 Å². The summed E-state index contributed by atoms with van der Waals surface area (Å²) in [7, 11) is -0.497. The molecule has 18 aromatic carbocycles. The van der Waals surface area contributed by atoms with Crippen LogP contribution in [0.15, 0.2) is 485 Å². The van der Waals surface area contributed by atoms with E-state index < -0.39 is 18.3 Å². The molecule has 0 bridgehead atoms. The maximum absolute atomic E-state index is 6.65. The van der Waals surface area contributed by atoms with Gasteiger partial charge in [0.2, 0.25) is 5.28 Å². The molecule has 6 nitrogen and oxygen atoms in total. The molecule has 0 N–H and O–H groups in total. The zero-order valence-electron chi connectivity index (χ0n) is 72.7. The third-order valence-corrected chi connectivity index (χ3v) is 24.6. The van der Waals surface area contributed by atoms with Crippen molar-refractivity contribution in [2.24, 2.45) is 0 Å². The van der Waals surface area contributed by atoms with Crippen LogP contribution in [0.2, 0.25) is 5.28 Å². The van der Waals surface area contributed by atoms with Gasteiger partial charge in [-0.15, -0.1) is 0 Å². The number of halogens is 1. The molecule has 630 valence electrons. The van der Waals surface area contributed by atoms with E-state index in [0.717, 1.165) is 101 Å². The lowest BCUT2D eigenvalue weighted by Crippen LogP contribution is -2.41. The Morgan fingerprint density at radius 3 is 0.603 bits per heavy atom. The van der Waals surface area contributed by atoms with E-state index in [1.165, 1.54) is 89.0 Å². The molecule has 8 heteroatoms. The Hall–Kier alpha value is -15.6. The highest BCUT2D eigenvalue weighted by Gasteiger charge is 2.52. The second kappa shape index (κ2) is 39.3. The number of rotatable bonds is 18. The lowest BCUT2D eigenvalue weighted by Gasteiger charge is -2.32. The van der Waals surface area contributed by atoms with Crippen LogP contribution in [0, 0.1) is 0 Å². The fourth-order valence-corrected chi connectivity index (χ4v) is 17.2. The van der Waals surface area contributed by atoms with Gasteiger partial charge in [-0.05, 0) is 239 Å². The van der Waals surface area contributed by atoms with E-state index in [1.807, 2.05) is 78.9 Å². The van der Waals surface area contributed by atoms with Crippen molar-refractivity contribution >= 4 is 24.2 Å². The van der Waals surface area contributed by atoms with Gasteiger partial charge >= 0.3 is 7.12 Å². The summed E-state index contributed by atoms with van der Waals surface area (Å²) >= 11 is 6.03. The van der Waals surface area contributed by atoms with Gasteiger partial charge in [-0.3, -0.25) is 0 Å². The van der Waals surface area contributed by atoms with Gasteiger partial charge < -0.3 is 9.31 Å². The van der Waals surface area contributed by atoms with Gasteiger partial charge in [-0.2, -0.15) is 0 Å². The Kier molecular flexibility index (Phi) is 25.9. The molecule has 21 rings (SSSR count). The molecular formula is C123H96BClN4O2. The zero-order chi connectivity index (χ0) is 88.2. The molecule has 1 aliphatic heterocycles. The molecule has 1 aliphatic rings. The van der Waals surface area contributed by atoms with Crippen molar-refractivity contribution in [3.63, 3.8) is 0 Å². The van der Waals surface area contributed by atoms with Crippen molar-refractivity contribution in [3.8, 4) is 190 Å². The molecule has 2 aromatic heterocycles. The fraction of sp³-hybridized carbons (Fsp3) is 0.0569. The van der Waals surface area contributed by atoms with Crippen molar-refractivity contribution < 1.29 is 9.31 Å². The van der Waals surface area contributed by atoms with E-state index >= 15 is 0 Å². The molecule has 20 aromatic rings. The molecule has 1 saturated heterocycles. The summed E-state index contributed by atoms with van der Waals surface area (Å²) in [4.78, 5) is 19.2. The molecule has 0 unspecified atom stereocenters. The van der Waals surface area contributed by atoms with Crippen LogP contribution in [-0.2, 0) is 9.31 Å². The highest BCUT2D eigenvalue weighted by Crippen LogP contribution is 2.46.